The first kappa shape index (κ1) is 22.3. The maximum absolute atomic E-state index is 14.1. The van der Waals surface area contributed by atoms with Crippen molar-refractivity contribution in [3.05, 3.63) is 112 Å². The number of rotatable bonds is 5. The highest BCUT2D eigenvalue weighted by Gasteiger charge is 2.34. The largest absolute Gasteiger partial charge is 0.351 e. The molecule has 0 aliphatic carbocycles. The third kappa shape index (κ3) is 4.44. The molecule has 1 aliphatic rings. The van der Waals surface area contributed by atoms with Crippen molar-refractivity contribution >= 4 is 34.5 Å². The number of halogens is 2. The summed E-state index contributed by atoms with van der Waals surface area (Å²) in [6, 6.07) is 23.2. The number of thiocarbonyl (C=S) groups is 1. The number of hydrogen-bond acceptors (Lipinski definition) is 4. The van der Waals surface area contributed by atoms with Crippen molar-refractivity contribution in [2.75, 3.05) is 0 Å². The number of nitrogens with one attached hydrogen (secondary N) is 1. The summed E-state index contributed by atoms with van der Waals surface area (Å²) in [5.74, 6) is 0.485. The first-order valence-electron chi connectivity index (χ1n) is 10.7. The van der Waals surface area contributed by atoms with Crippen LogP contribution in [-0.4, -0.2) is 20.2 Å². The molecule has 0 saturated carbocycles. The maximum Gasteiger partial charge on any atom is 0.258 e. The van der Waals surface area contributed by atoms with Crippen molar-refractivity contribution in [2.24, 2.45) is 0 Å². The molecule has 0 fully saturated rings. The van der Waals surface area contributed by atoms with E-state index in [2.05, 4.69) is 15.5 Å². The Morgan fingerprint density at radius 1 is 1.06 bits per heavy atom. The van der Waals surface area contributed by atoms with Gasteiger partial charge < -0.3 is 14.7 Å². The summed E-state index contributed by atoms with van der Waals surface area (Å²) in [4.78, 5) is 6.63. The fourth-order valence-corrected chi connectivity index (χ4v) is 4.57. The second-order valence-electron chi connectivity index (χ2n) is 7.94. The standard InChI is InChI=1S/C26H20ClFN4OS/c1-16-22(25-30-24(31-33-25)18-8-3-2-4-9-18)23(19-10-6-12-21(28)14-19)29-26(34)32(16)15-17-7-5-11-20(27)13-17/h2-14,23H,15H2,1H3,(H,29,34). The minimum Gasteiger partial charge on any atom is -0.351 e. The van der Waals surface area contributed by atoms with E-state index in [9.17, 15) is 4.39 Å². The Kier molecular flexibility index (Phi) is 6.13. The molecule has 0 bridgehead atoms. The fraction of sp³-hybridized carbons (Fsp3) is 0.115. The summed E-state index contributed by atoms with van der Waals surface area (Å²) < 4.78 is 19.8. The molecule has 1 unspecified atom stereocenters. The van der Waals surface area contributed by atoms with Crippen LogP contribution >= 0.6 is 23.8 Å². The van der Waals surface area contributed by atoms with E-state index in [0.717, 1.165) is 22.4 Å². The summed E-state index contributed by atoms with van der Waals surface area (Å²) in [6.07, 6.45) is 0. The quantitative estimate of drug-likeness (QED) is 0.327. The summed E-state index contributed by atoms with van der Waals surface area (Å²) >= 11 is 11.9. The molecule has 1 N–H and O–H groups in total. The van der Waals surface area contributed by atoms with Gasteiger partial charge in [0.2, 0.25) is 5.82 Å². The Hall–Kier alpha value is -3.55. The van der Waals surface area contributed by atoms with Crippen LogP contribution in [0, 0.1) is 5.82 Å². The lowest BCUT2D eigenvalue weighted by Gasteiger charge is -2.37. The van der Waals surface area contributed by atoms with Crippen LogP contribution in [0.1, 0.15) is 30.0 Å². The van der Waals surface area contributed by atoms with Gasteiger partial charge in [0.05, 0.1) is 18.2 Å². The number of allylic oxidation sites excluding steroid dienone is 1. The molecule has 0 radical (unpaired) electrons. The van der Waals surface area contributed by atoms with Gasteiger partial charge in [0.15, 0.2) is 5.11 Å². The zero-order valence-electron chi connectivity index (χ0n) is 18.2. The molecule has 0 amide bonds. The van der Waals surface area contributed by atoms with Crippen LogP contribution in [0.3, 0.4) is 0 Å². The van der Waals surface area contributed by atoms with Gasteiger partial charge >= 0.3 is 0 Å². The Balaban J connectivity index is 1.61. The molecular formula is C26H20ClFN4OS. The predicted octanol–water partition coefficient (Wildman–Crippen LogP) is 6.39. The lowest BCUT2D eigenvalue weighted by atomic mass is 9.94. The van der Waals surface area contributed by atoms with Crippen LogP contribution in [0.4, 0.5) is 4.39 Å². The average Bonchev–Trinajstić information content (AvgIpc) is 3.32. The monoisotopic (exact) mass is 490 g/mol. The third-order valence-electron chi connectivity index (χ3n) is 5.70. The van der Waals surface area contributed by atoms with Gasteiger partial charge in [-0.2, -0.15) is 4.98 Å². The van der Waals surface area contributed by atoms with Gasteiger partial charge in [0.25, 0.3) is 5.89 Å². The summed E-state index contributed by atoms with van der Waals surface area (Å²) in [5.41, 5.74) is 4.11. The highest BCUT2D eigenvalue weighted by molar-refractivity contribution is 7.80. The van der Waals surface area contributed by atoms with Gasteiger partial charge in [-0.25, -0.2) is 4.39 Å². The zero-order valence-corrected chi connectivity index (χ0v) is 19.8. The molecule has 170 valence electrons. The van der Waals surface area contributed by atoms with E-state index in [1.54, 1.807) is 6.07 Å². The van der Waals surface area contributed by atoms with E-state index in [1.165, 1.54) is 12.1 Å². The second kappa shape index (κ2) is 9.37. The number of nitrogens with zero attached hydrogens (tertiary/aromatic N) is 3. The number of hydrogen-bond donors (Lipinski definition) is 1. The molecule has 5 nitrogen and oxygen atoms in total. The van der Waals surface area contributed by atoms with E-state index in [1.807, 2.05) is 72.5 Å². The minimum absolute atomic E-state index is 0.334. The third-order valence-corrected chi connectivity index (χ3v) is 6.27. The van der Waals surface area contributed by atoms with Crippen molar-refractivity contribution in [1.82, 2.24) is 20.4 Å². The van der Waals surface area contributed by atoms with Gasteiger partial charge in [-0.3, -0.25) is 0 Å². The van der Waals surface area contributed by atoms with Crippen LogP contribution in [0.5, 0.6) is 0 Å². The molecule has 4 aromatic rings. The van der Waals surface area contributed by atoms with Gasteiger partial charge in [0.1, 0.15) is 5.82 Å². The van der Waals surface area contributed by atoms with E-state index in [-0.39, 0.29) is 5.82 Å². The summed E-state index contributed by atoms with van der Waals surface area (Å²) in [7, 11) is 0. The molecule has 1 aliphatic heterocycles. The molecule has 5 rings (SSSR count). The maximum atomic E-state index is 14.1. The average molecular weight is 491 g/mol. The molecule has 0 saturated heterocycles. The first-order valence-corrected chi connectivity index (χ1v) is 11.5. The highest BCUT2D eigenvalue weighted by Crippen LogP contribution is 2.38. The SMILES string of the molecule is CC1=C(c2nc(-c3ccccc3)no2)C(c2cccc(F)c2)NC(=S)N1Cc1cccc(Cl)c1. The molecule has 1 aromatic heterocycles. The molecule has 8 heteroatoms. The number of aromatic nitrogens is 2. The Morgan fingerprint density at radius 3 is 2.62 bits per heavy atom. The number of benzene rings is 3. The fourth-order valence-electron chi connectivity index (χ4n) is 4.04. The topological polar surface area (TPSA) is 54.2 Å². The van der Waals surface area contributed by atoms with Crippen LogP contribution in [0.25, 0.3) is 17.0 Å². The Labute approximate surface area is 206 Å². The van der Waals surface area contributed by atoms with Crippen molar-refractivity contribution in [2.45, 2.75) is 19.5 Å². The molecule has 3 aromatic carbocycles. The smallest absolute Gasteiger partial charge is 0.258 e. The van der Waals surface area contributed by atoms with Crippen molar-refractivity contribution < 1.29 is 8.91 Å². The molecule has 2 heterocycles. The Morgan fingerprint density at radius 2 is 1.85 bits per heavy atom. The zero-order chi connectivity index (χ0) is 23.7. The van der Waals surface area contributed by atoms with Crippen LogP contribution < -0.4 is 5.32 Å². The van der Waals surface area contributed by atoms with Gasteiger partial charge in [-0.05, 0) is 54.5 Å². The van der Waals surface area contributed by atoms with E-state index < -0.39 is 6.04 Å². The van der Waals surface area contributed by atoms with Crippen LogP contribution in [-0.2, 0) is 6.54 Å². The first-order chi connectivity index (χ1) is 16.5. The lowest BCUT2D eigenvalue weighted by molar-refractivity contribution is 0.396. The van der Waals surface area contributed by atoms with Gasteiger partial charge in [0, 0.05) is 16.3 Å². The summed E-state index contributed by atoms with van der Waals surface area (Å²) in [5, 5.41) is 8.70. The van der Waals surface area contributed by atoms with Crippen LogP contribution in [0.2, 0.25) is 5.02 Å². The van der Waals surface area contributed by atoms with Crippen molar-refractivity contribution in [1.29, 1.82) is 0 Å². The molecular weight excluding hydrogens is 471 g/mol. The Bertz CT molecular complexity index is 1390. The van der Waals surface area contributed by atoms with E-state index in [4.69, 9.17) is 28.3 Å². The minimum atomic E-state index is -0.456. The predicted molar refractivity (Wildman–Crippen MR) is 134 cm³/mol. The van der Waals surface area contributed by atoms with E-state index in [0.29, 0.717) is 34.0 Å². The second-order valence-corrected chi connectivity index (χ2v) is 8.76. The van der Waals surface area contributed by atoms with Crippen LogP contribution in [0.15, 0.2) is 89.1 Å². The highest BCUT2D eigenvalue weighted by atomic mass is 35.5. The normalized spacial score (nSPS) is 16.0. The lowest BCUT2D eigenvalue weighted by Crippen LogP contribution is -2.45. The van der Waals surface area contributed by atoms with Crippen molar-refractivity contribution in [3.63, 3.8) is 0 Å². The van der Waals surface area contributed by atoms with Gasteiger partial charge in [-0.15, -0.1) is 0 Å². The summed E-state index contributed by atoms with van der Waals surface area (Å²) in [6.45, 7) is 2.45. The van der Waals surface area contributed by atoms with E-state index >= 15 is 0 Å². The van der Waals surface area contributed by atoms with Crippen molar-refractivity contribution in [3.8, 4) is 11.4 Å². The van der Waals surface area contributed by atoms with Gasteiger partial charge in [-0.1, -0.05) is 71.4 Å². The molecule has 0 spiro atoms. The molecule has 1 atom stereocenters. The molecule has 34 heavy (non-hydrogen) atoms.